The van der Waals surface area contributed by atoms with Crippen molar-refractivity contribution in [2.75, 3.05) is 38.5 Å². The average molecular weight is 369 g/mol. The summed E-state index contributed by atoms with van der Waals surface area (Å²) in [5.74, 6) is -0.304. The lowest BCUT2D eigenvalue weighted by molar-refractivity contribution is -0.125. The van der Waals surface area contributed by atoms with E-state index in [9.17, 15) is 9.59 Å². The van der Waals surface area contributed by atoms with E-state index < -0.39 is 0 Å². The maximum atomic E-state index is 12.0. The van der Waals surface area contributed by atoms with Crippen LogP contribution in [0.3, 0.4) is 0 Å². The SMILES string of the molecule is CCc1ccccc1NC(=O)CNC(=O)CN1CCCC(NC)C1.Cl. The van der Waals surface area contributed by atoms with E-state index >= 15 is 0 Å². The summed E-state index contributed by atoms with van der Waals surface area (Å²) in [6.45, 7) is 4.20. The summed E-state index contributed by atoms with van der Waals surface area (Å²) in [6.07, 6.45) is 3.09. The molecule has 1 aromatic rings. The summed E-state index contributed by atoms with van der Waals surface area (Å²) >= 11 is 0. The minimum absolute atomic E-state index is 0. The highest BCUT2D eigenvalue weighted by Gasteiger charge is 2.20. The van der Waals surface area contributed by atoms with Gasteiger partial charge in [0, 0.05) is 18.3 Å². The number of carbonyl (C=O) groups is 2. The third-order valence-electron chi connectivity index (χ3n) is 4.40. The molecule has 1 aliphatic heterocycles. The van der Waals surface area contributed by atoms with Crippen LogP contribution in [0.4, 0.5) is 5.69 Å². The first-order chi connectivity index (χ1) is 11.6. The Kier molecular flexibility index (Phi) is 9.49. The van der Waals surface area contributed by atoms with Crippen LogP contribution >= 0.6 is 12.4 Å². The Labute approximate surface area is 156 Å². The van der Waals surface area contributed by atoms with Gasteiger partial charge >= 0.3 is 0 Å². The number of likely N-dealkylation sites (tertiary alicyclic amines) is 1. The molecule has 25 heavy (non-hydrogen) atoms. The zero-order chi connectivity index (χ0) is 17.4. The molecule has 1 aromatic carbocycles. The largest absolute Gasteiger partial charge is 0.346 e. The summed E-state index contributed by atoms with van der Waals surface area (Å²) in [7, 11) is 1.95. The molecular weight excluding hydrogens is 340 g/mol. The molecule has 0 bridgehead atoms. The van der Waals surface area contributed by atoms with Crippen LogP contribution in [-0.2, 0) is 16.0 Å². The minimum atomic E-state index is -0.198. The average Bonchev–Trinajstić information content (AvgIpc) is 2.60. The van der Waals surface area contributed by atoms with Crippen LogP contribution in [0.25, 0.3) is 0 Å². The molecule has 6 nitrogen and oxygen atoms in total. The zero-order valence-corrected chi connectivity index (χ0v) is 15.8. The molecule has 2 rings (SSSR count). The van der Waals surface area contributed by atoms with Gasteiger partial charge in [0.25, 0.3) is 0 Å². The second-order valence-electron chi connectivity index (χ2n) is 6.20. The second-order valence-corrected chi connectivity index (χ2v) is 6.20. The van der Waals surface area contributed by atoms with Crippen molar-refractivity contribution in [2.24, 2.45) is 0 Å². The lowest BCUT2D eigenvalue weighted by Crippen LogP contribution is -2.48. The van der Waals surface area contributed by atoms with E-state index in [1.54, 1.807) is 0 Å². The monoisotopic (exact) mass is 368 g/mol. The number of halogens is 1. The molecule has 0 aromatic heterocycles. The third-order valence-corrected chi connectivity index (χ3v) is 4.40. The summed E-state index contributed by atoms with van der Waals surface area (Å²) in [4.78, 5) is 26.2. The van der Waals surface area contributed by atoms with Gasteiger partial charge in [0.1, 0.15) is 0 Å². The van der Waals surface area contributed by atoms with Gasteiger partial charge in [-0.15, -0.1) is 12.4 Å². The maximum Gasteiger partial charge on any atom is 0.243 e. The fraction of sp³-hybridized carbons (Fsp3) is 0.556. The quantitative estimate of drug-likeness (QED) is 0.680. The molecule has 0 radical (unpaired) electrons. The smallest absolute Gasteiger partial charge is 0.243 e. The summed E-state index contributed by atoms with van der Waals surface area (Å²) < 4.78 is 0. The van der Waals surface area contributed by atoms with Gasteiger partial charge in [0.15, 0.2) is 0 Å². The molecule has 1 unspecified atom stereocenters. The predicted molar refractivity (Wildman–Crippen MR) is 103 cm³/mol. The Hall–Kier alpha value is -1.63. The van der Waals surface area contributed by atoms with E-state index in [2.05, 4.69) is 20.9 Å². The highest BCUT2D eigenvalue weighted by atomic mass is 35.5. The number of piperidine rings is 1. The zero-order valence-electron chi connectivity index (χ0n) is 15.0. The number of nitrogens with one attached hydrogen (secondary N) is 3. The molecule has 140 valence electrons. The molecule has 0 spiro atoms. The first-order valence-corrected chi connectivity index (χ1v) is 8.66. The topological polar surface area (TPSA) is 73.5 Å². The van der Waals surface area contributed by atoms with Crippen LogP contribution in [0.5, 0.6) is 0 Å². The Balaban J connectivity index is 0.00000312. The van der Waals surface area contributed by atoms with Gasteiger partial charge in [0.05, 0.1) is 13.1 Å². The number of rotatable bonds is 7. The number of amides is 2. The Morgan fingerprint density at radius 2 is 2.00 bits per heavy atom. The molecule has 1 fully saturated rings. The number of benzene rings is 1. The summed E-state index contributed by atoms with van der Waals surface area (Å²) in [6, 6.07) is 8.16. The Bertz CT molecular complexity index is 568. The number of anilines is 1. The van der Waals surface area contributed by atoms with Crippen LogP contribution < -0.4 is 16.0 Å². The molecule has 1 heterocycles. The molecule has 7 heteroatoms. The van der Waals surface area contributed by atoms with E-state index in [-0.39, 0.29) is 30.8 Å². The van der Waals surface area contributed by atoms with Gasteiger partial charge in [-0.25, -0.2) is 0 Å². The van der Waals surface area contributed by atoms with Crippen molar-refractivity contribution in [3.05, 3.63) is 29.8 Å². The molecule has 0 saturated carbocycles. The summed E-state index contributed by atoms with van der Waals surface area (Å²) in [5.41, 5.74) is 1.90. The van der Waals surface area contributed by atoms with Crippen molar-refractivity contribution >= 4 is 29.9 Å². The van der Waals surface area contributed by atoms with Crippen molar-refractivity contribution in [1.82, 2.24) is 15.5 Å². The van der Waals surface area contributed by atoms with Crippen molar-refractivity contribution in [1.29, 1.82) is 0 Å². The van der Waals surface area contributed by atoms with Crippen LogP contribution in [-0.4, -0.2) is 56.0 Å². The normalized spacial score (nSPS) is 17.4. The third kappa shape index (κ3) is 7.02. The summed E-state index contributed by atoms with van der Waals surface area (Å²) in [5, 5.41) is 8.82. The predicted octanol–water partition coefficient (Wildman–Crippen LogP) is 1.41. The number of para-hydroxylation sites is 1. The van der Waals surface area contributed by atoms with E-state index in [0.717, 1.165) is 43.6 Å². The first-order valence-electron chi connectivity index (χ1n) is 8.66. The number of carbonyl (C=O) groups excluding carboxylic acids is 2. The van der Waals surface area contributed by atoms with Gasteiger partial charge in [-0.1, -0.05) is 25.1 Å². The van der Waals surface area contributed by atoms with E-state index in [0.29, 0.717) is 12.6 Å². The van der Waals surface area contributed by atoms with Gasteiger partial charge < -0.3 is 16.0 Å². The maximum absolute atomic E-state index is 12.0. The van der Waals surface area contributed by atoms with Gasteiger partial charge in [-0.05, 0) is 44.5 Å². The van der Waals surface area contributed by atoms with Gasteiger partial charge in [0.2, 0.25) is 11.8 Å². The molecule has 1 saturated heterocycles. The van der Waals surface area contributed by atoms with Crippen LogP contribution in [0.1, 0.15) is 25.3 Å². The number of likely N-dealkylation sites (N-methyl/N-ethyl adjacent to an activating group) is 1. The van der Waals surface area contributed by atoms with Crippen molar-refractivity contribution in [2.45, 2.75) is 32.2 Å². The number of hydrogen-bond acceptors (Lipinski definition) is 4. The van der Waals surface area contributed by atoms with Gasteiger partial charge in [-0.2, -0.15) is 0 Å². The number of aryl methyl sites for hydroxylation is 1. The van der Waals surface area contributed by atoms with Crippen LogP contribution in [0, 0.1) is 0 Å². The molecule has 1 atom stereocenters. The van der Waals surface area contributed by atoms with E-state index in [4.69, 9.17) is 0 Å². The number of nitrogens with zero attached hydrogens (tertiary/aromatic N) is 1. The molecule has 0 aliphatic carbocycles. The van der Waals surface area contributed by atoms with Crippen molar-refractivity contribution < 1.29 is 9.59 Å². The second kappa shape index (κ2) is 11.1. The van der Waals surface area contributed by atoms with Crippen molar-refractivity contribution in [3.8, 4) is 0 Å². The highest BCUT2D eigenvalue weighted by Crippen LogP contribution is 2.15. The molecule has 2 amide bonds. The Morgan fingerprint density at radius 1 is 1.24 bits per heavy atom. The minimum Gasteiger partial charge on any atom is -0.346 e. The standard InChI is InChI=1S/C18H28N4O2.ClH/c1-3-14-7-4-5-9-16(14)21-17(23)11-20-18(24)13-22-10-6-8-15(12-22)19-2;/h4-5,7,9,15,19H,3,6,8,10-13H2,1-2H3,(H,20,24)(H,21,23);1H. The first kappa shape index (κ1) is 21.4. The molecule has 3 N–H and O–H groups in total. The van der Waals surface area contributed by atoms with Crippen molar-refractivity contribution in [3.63, 3.8) is 0 Å². The molecule has 1 aliphatic rings. The fourth-order valence-electron chi connectivity index (χ4n) is 3.02. The molecular formula is C18H29ClN4O2. The van der Waals surface area contributed by atoms with E-state index in [1.807, 2.05) is 38.2 Å². The van der Waals surface area contributed by atoms with Crippen LogP contribution in [0.2, 0.25) is 0 Å². The van der Waals surface area contributed by atoms with Gasteiger partial charge in [-0.3, -0.25) is 14.5 Å². The van der Waals surface area contributed by atoms with E-state index in [1.165, 1.54) is 0 Å². The lowest BCUT2D eigenvalue weighted by Gasteiger charge is -2.31. The highest BCUT2D eigenvalue weighted by molar-refractivity contribution is 5.95. The Morgan fingerprint density at radius 3 is 2.72 bits per heavy atom. The fourth-order valence-corrected chi connectivity index (χ4v) is 3.02. The number of hydrogen-bond donors (Lipinski definition) is 3. The lowest BCUT2D eigenvalue weighted by atomic mass is 10.1. The van der Waals surface area contributed by atoms with Crippen LogP contribution in [0.15, 0.2) is 24.3 Å².